The van der Waals surface area contributed by atoms with Gasteiger partial charge in [0.15, 0.2) is 0 Å². The smallest absolute Gasteiger partial charge is 0.216 e. The fourth-order valence-corrected chi connectivity index (χ4v) is 2.17. The zero-order valence-electron chi connectivity index (χ0n) is 13.3. The molecule has 3 heteroatoms. The number of nitrogens with one attached hydrogen (secondary N) is 2. The highest BCUT2D eigenvalue weighted by Crippen LogP contribution is 2.20. The van der Waals surface area contributed by atoms with Crippen LogP contribution in [0.5, 0.6) is 0 Å². The zero-order valence-corrected chi connectivity index (χ0v) is 13.3. The van der Waals surface area contributed by atoms with Crippen LogP contribution in [0.3, 0.4) is 0 Å². The Bertz CT molecular complexity index is 421. The van der Waals surface area contributed by atoms with Gasteiger partial charge in [-0.05, 0) is 35.9 Å². The maximum atomic E-state index is 10.7. The molecule has 0 atom stereocenters. The molecule has 0 unspecified atom stereocenters. The molecule has 0 saturated carbocycles. The van der Waals surface area contributed by atoms with E-state index >= 15 is 0 Å². The molecule has 0 aliphatic heterocycles. The molecule has 0 radical (unpaired) electrons. The summed E-state index contributed by atoms with van der Waals surface area (Å²) in [5.74, 6) is 0.0416. The molecule has 0 bridgehead atoms. The minimum Gasteiger partial charge on any atom is -0.356 e. The van der Waals surface area contributed by atoms with E-state index in [1.807, 2.05) is 0 Å². The number of benzene rings is 1. The number of rotatable bonds is 7. The second-order valence-electron chi connectivity index (χ2n) is 6.57. The Balaban J connectivity index is 2.30. The summed E-state index contributed by atoms with van der Waals surface area (Å²) in [7, 11) is 0. The van der Waals surface area contributed by atoms with Crippen molar-refractivity contribution >= 4 is 5.91 Å². The molecule has 1 aromatic carbocycles. The van der Waals surface area contributed by atoms with E-state index in [2.05, 4.69) is 55.7 Å². The number of amides is 1. The van der Waals surface area contributed by atoms with E-state index in [0.29, 0.717) is 5.41 Å². The zero-order chi connectivity index (χ0) is 15.0. The standard InChI is InChI=1S/C17H28N2O/c1-14(20)19-10-6-9-18-13-16-8-5-7-15(11-16)12-17(2,3)4/h5,7-8,11,18H,6,9-10,12-13H2,1-4H3,(H,19,20). The summed E-state index contributed by atoms with van der Waals surface area (Å²) in [5.41, 5.74) is 3.05. The quantitative estimate of drug-likeness (QED) is 0.752. The molecule has 1 rings (SSSR count). The van der Waals surface area contributed by atoms with E-state index in [0.717, 1.165) is 32.5 Å². The lowest BCUT2D eigenvalue weighted by Crippen LogP contribution is -2.25. The lowest BCUT2D eigenvalue weighted by Gasteiger charge is -2.18. The molecule has 1 amide bonds. The van der Waals surface area contributed by atoms with Crippen molar-refractivity contribution in [2.45, 2.75) is 47.1 Å². The van der Waals surface area contributed by atoms with Crippen LogP contribution in [0.4, 0.5) is 0 Å². The number of carbonyl (C=O) groups is 1. The molecule has 3 nitrogen and oxygen atoms in total. The Morgan fingerprint density at radius 3 is 2.50 bits per heavy atom. The molecule has 2 N–H and O–H groups in total. The van der Waals surface area contributed by atoms with Crippen LogP contribution < -0.4 is 10.6 Å². The van der Waals surface area contributed by atoms with Crippen LogP contribution in [0.25, 0.3) is 0 Å². The molecule has 0 heterocycles. The highest BCUT2D eigenvalue weighted by Gasteiger charge is 2.11. The normalized spacial score (nSPS) is 11.4. The van der Waals surface area contributed by atoms with Crippen molar-refractivity contribution in [3.05, 3.63) is 35.4 Å². The van der Waals surface area contributed by atoms with Crippen LogP contribution in [0.1, 0.15) is 45.2 Å². The summed E-state index contributed by atoms with van der Waals surface area (Å²) in [5, 5.41) is 6.21. The van der Waals surface area contributed by atoms with Crippen LogP contribution >= 0.6 is 0 Å². The molecule has 0 aliphatic carbocycles. The molecular weight excluding hydrogens is 248 g/mol. The van der Waals surface area contributed by atoms with Gasteiger partial charge in [0.25, 0.3) is 0 Å². The monoisotopic (exact) mass is 276 g/mol. The average molecular weight is 276 g/mol. The van der Waals surface area contributed by atoms with E-state index in [-0.39, 0.29) is 5.91 Å². The second-order valence-corrected chi connectivity index (χ2v) is 6.57. The van der Waals surface area contributed by atoms with Gasteiger partial charge in [-0.2, -0.15) is 0 Å². The summed E-state index contributed by atoms with van der Waals surface area (Å²) < 4.78 is 0. The van der Waals surface area contributed by atoms with Gasteiger partial charge in [-0.25, -0.2) is 0 Å². The van der Waals surface area contributed by atoms with E-state index in [9.17, 15) is 4.79 Å². The molecule has 20 heavy (non-hydrogen) atoms. The van der Waals surface area contributed by atoms with E-state index in [1.54, 1.807) is 6.92 Å². The lowest BCUT2D eigenvalue weighted by molar-refractivity contribution is -0.118. The van der Waals surface area contributed by atoms with Crippen LogP contribution in [0.15, 0.2) is 24.3 Å². The summed E-state index contributed by atoms with van der Waals surface area (Å²) >= 11 is 0. The van der Waals surface area contributed by atoms with Crippen molar-refractivity contribution in [3.8, 4) is 0 Å². The first-order chi connectivity index (χ1) is 9.37. The summed E-state index contributed by atoms with van der Waals surface area (Å²) in [6, 6.07) is 8.78. The van der Waals surface area contributed by atoms with Crippen molar-refractivity contribution in [3.63, 3.8) is 0 Å². The van der Waals surface area contributed by atoms with Gasteiger partial charge in [0.2, 0.25) is 5.91 Å². The van der Waals surface area contributed by atoms with Gasteiger partial charge in [-0.3, -0.25) is 4.79 Å². The van der Waals surface area contributed by atoms with Gasteiger partial charge in [-0.1, -0.05) is 45.0 Å². The van der Waals surface area contributed by atoms with Crippen LogP contribution in [-0.2, 0) is 17.8 Å². The summed E-state index contributed by atoms with van der Waals surface area (Å²) in [4.78, 5) is 10.7. The summed E-state index contributed by atoms with van der Waals surface area (Å²) in [6.07, 6.45) is 2.06. The Morgan fingerprint density at radius 1 is 1.15 bits per heavy atom. The van der Waals surface area contributed by atoms with E-state index in [4.69, 9.17) is 0 Å². The third kappa shape index (κ3) is 7.95. The summed E-state index contributed by atoms with van der Waals surface area (Å²) in [6.45, 7) is 10.9. The maximum Gasteiger partial charge on any atom is 0.216 e. The molecule has 0 aromatic heterocycles. The largest absolute Gasteiger partial charge is 0.356 e. The molecule has 1 aromatic rings. The van der Waals surface area contributed by atoms with Gasteiger partial charge in [-0.15, -0.1) is 0 Å². The maximum absolute atomic E-state index is 10.7. The highest BCUT2D eigenvalue weighted by atomic mass is 16.1. The van der Waals surface area contributed by atoms with Crippen LogP contribution in [0, 0.1) is 5.41 Å². The van der Waals surface area contributed by atoms with E-state index in [1.165, 1.54) is 11.1 Å². The predicted molar refractivity (Wildman–Crippen MR) is 84.6 cm³/mol. The van der Waals surface area contributed by atoms with Gasteiger partial charge in [0.05, 0.1) is 0 Å². The number of carbonyl (C=O) groups excluding carboxylic acids is 1. The van der Waals surface area contributed by atoms with E-state index < -0.39 is 0 Å². The number of hydrogen-bond acceptors (Lipinski definition) is 2. The SMILES string of the molecule is CC(=O)NCCCNCc1cccc(CC(C)(C)C)c1. The van der Waals surface area contributed by atoms with Gasteiger partial charge in [0, 0.05) is 20.0 Å². The molecule has 0 saturated heterocycles. The fraction of sp³-hybridized carbons (Fsp3) is 0.588. The fourth-order valence-electron chi connectivity index (χ4n) is 2.17. The Hall–Kier alpha value is -1.35. The molecule has 0 spiro atoms. The third-order valence-corrected chi connectivity index (χ3v) is 2.96. The minimum absolute atomic E-state index is 0.0416. The molecular formula is C17H28N2O. The molecule has 112 valence electrons. The first-order valence-corrected chi connectivity index (χ1v) is 7.40. The Morgan fingerprint density at radius 2 is 1.85 bits per heavy atom. The van der Waals surface area contributed by atoms with Gasteiger partial charge < -0.3 is 10.6 Å². The first-order valence-electron chi connectivity index (χ1n) is 7.40. The van der Waals surface area contributed by atoms with Crippen molar-refractivity contribution < 1.29 is 4.79 Å². The Kier molecular flexibility index (Phi) is 6.73. The van der Waals surface area contributed by atoms with Gasteiger partial charge >= 0.3 is 0 Å². The van der Waals surface area contributed by atoms with Gasteiger partial charge in [0.1, 0.15) is 0 Å². The van der Waals surface area contributed by atoms with Crippen LogP contribution in [-0.4, -0.2) is 19.0 Å². The number of hydrogen-bond donors (Lipinski definition) is 2. The van der Waals surface area contributed by atoms with Crippen molar-refractivity contribution in [1.29, 1.82) is 0 Å². The highest BCUT2D eigenvalue weighted by molar-refractivity contribution is 5.72. The van der Waals surface area contributed by atoms with Crippen molar-refractivity contribution in [1.82, 2.24) is 10.6 Å². The van der Waals surface area contributed by atoms with Crippen molar-refractivity contribution in [2.75, 3.05) is 13.1 Å². The first kappa shape index (κ1) is 16.7. The molecule has 0 fully saturated rings. The average Bonchev–Trinajstić information content (AvgIpc) is 2.31. The second kappa shape index (κ2) is 8.05. The minimum atomic E-state index is 0.0416. The topological polar surface area (TPSA) is 41.1 Å². The lowest BCUT2D eigenvalue weighted by atomic mass is 9.88. The van der Waals surface area contributed by atoms with Crippen LogP contribution in [0.2, 0.25) is 0 Å². The Labute approximate surface area is 123 Å². The third-order valence-electron chi connectivity index (χ3n) is 2.96. The predicted octanol–water partition coefficient (Wildman–Crippen LogP) is 2.89. The molecule has 0 aliphatic rings. The van der Waals surface area contributed by atoms with Crippen molar-refractivity contribution in [2.24, 2.45) is 5.41 Å².